The summed E-state index contributed by atoms with van der Waals surface area (Å²) in [6.45, 7) is 0. The van der Waals surface area contributed by atoms with Gasteiger partial charge in [0.15, 0.2) is 5.65 Å². The number of H-pyrrole nitrogens is 1. The van der Waals surface area contributed by atoms with Crippen LogP contribution in [0.2, 0.25) is 0 Å². The van der Waals surface area contributed by atoms with Crippen molar-refractivity contribution in [3.8, 4) is 17.0 Å². The molecule has 1 aromatic carbocycles. The first kappa shape index (κ1) is 11.3. The highest BCUT2D eigenvalue weighted by atomic mass is 16.5. The van der Waals surface area contributed by atoms with Gasteiger partial charge < -0.3 is 10.5 Å². The predicted molar refractivity (Wildman–Crippen MR) is 72.2 cm³/mol. The number of aromatic nitrogens is 3. The number of nitrogens with zero attached hydrogens (tertiary/aromatic N) is 2. The summed E-state index contributed by atoms with van der Waals surface area (Å²) in [7, 11) is 1.58. The van der Waals surface area contributed by atoms with Gasteiger partial charge in [-0.25, -0.2) is 9.50 Å². The zero-order valence-electron chi connectivity index (χ0n) is 10.3. The van der Waals surface area contributed by atoms with E-state index < -0.39 is 0 Å². The fraction of sp³-hybridized carbons (Fsp3) is 0.0769. The summed E-state index contributed by atoms with van der Waals surface area (Å²) in [6, 6.07) is 8.46. The van der Waals surface area contributed by atoms with Gasteiger partial charge in [-0.3, -0.25) is 9.89 Å². The molecular weight excluding hydrogens is 244 g/mol. The second-order valence-electron chi connectivity index (χ2n) is 4.12. The molecule has 0 atom stereocenters. The molecule has 0 radical (unpaired) electrons. The highest BCUT2D eigenvalue weighted by molar-refractivity contribution is 5.71. The molecule has 3 aromatic rings. The summed E-state index contributed by atoms with van der Waals surface area (Å²) in [6.07, 6.45) is 1.74. The van der Waals surface area contributed by atoms with Crippen LogP contribution in [0, 0.1) is 0 Å². The van der Waals surface area contributed by atoms with Gasteiger partial charge in [0.2, 0.25) is 0 Å². The molecule has 19 heavy (non-hydrogen) atoms. The third-order valence-corrected chi connectivity index (χ3v) is 2.85. The first-order valence-corrected chi connectivity index (χ1v) is 5.70. The van der Waals surface area contributed by atoms with Gasteiger partial charge in [-0.15, -0.1) is 0 Å². The monoisotopic (exact) mass is 256 g/mol. The minimum absolute atomic E-state index is 0.180. The molecule has 0 aliphatic rings. The number of hydrogen-bond donors (Lipinski definition) is 2. The molecule has 0 aliphatic heterocycles. The van der Waals surface area contributed by atoms with E-state index in [9.17, 15) is 4.79 Å². The molecule has 2 aromatic heterocycles. The van der Waals surface area contributed by atoms with Crippen LogP contribution in [0.1, 0.15) is 0 Å². The minimum Gasteiger partial charge on any atom is -0.496 e. The summed E-state index contributed by atoms with van der Waals surface area (Å²) in [4.78, 5) is 15.7. The third-order valence-electron chi connectivity index (χ3n) is 2.85. The van der Waals surface area contributed by atoms with Crippen molar-refractivity contribution in [2.24, 2.45) is 0 Å². The number of nitrogen functional groups attached to an aromatic ring is 1. The fourth-order valence-electron chi connectivity index (χ4n) is 1.96. The lowest BCUT2D eigenvalue weighted by molar-refractivity contribution is 0.416. The lowest BCUT2D eigenvalue weighted by Gasteiger charge is -2.06. The van der Waals surface area contributed by atoms with Crippen LogP contribution in [0.25, 0.3) is 16.9 Å². The van der Waals surface area contributed by atoms with Crippen LogP contribution < -0.4 is 16.0 Å². The number of nitrogens with two attached hydrogens (primary N) is 1. The van der Waals surface area contributed by atoms with E-state index in [1.165, 1.54) is 6.07 Å². The Morgan fingerprint density at radius 1 is 1.32 bits per heavy atom. The Hall–Kier alpha value is -2.76. The van der Waals surface area contributed by atoms with Crippen LogP contribution in [0.5, 0.6) is 5.75 Å². The van der Waals surface area contributed by atoms with Crippen molar-refractivity contribution in [2.75, 3.05) is 12.8 Å². The lowest BCUT2D eigenvalue weighted by Crippen LogP contribution is -2.07. The summed E-state index contributed by atoms with van der Waals surface area (Å²) in [5.74, 6) is 0.644. The van der Waals surface area contributed by atoms with E-state index in [2.05, 4.69) is 10.1 Å². The van der Waals surface area contributed by atoms with Crippen molar-refractivity contribution in [3.63, 3.8) is 0 Å². The number of hydrogen-bond acceptors (Lipinski definition) is 4. The number of rotatable bonds is 2. The molecule has 0 bridgehead atoms. The van der Waals surface area contributed by atoms with E-state index in [1.54, 1.807) is 36.0 Å². The van der Waals surface area contributed by atoms with Crippen molar-refractivity contribution in [3.05, 3.63) is 46.9 Å². The zero-order chi connectivity index (χ0) is 13.4. The molecule has 0 amide bonds. The summed E-state index contributed by atoms with van der Waals surface area (Å²) < 4.78 is 6.88. The molecule has 96 valence electrons. The molecule has 6 nitrogen and oxygen atoms in total. The quantitative estimate of drug-likeness (QED) is 0.676. The fourth-order valence-corrected chi connectivity index (χ4v) is 1.96. The number of ether oxygens (including phenoxy) is 1. The number of fused-ring (bicyclic) bond motifs is 1. The average molecular weight is 256 g/mol. The van der Waals surface area contributed by atoms with Gasteiger partial charge in [0.25, 0.3) is 5.56 Å². The Bertz CT molecular complexity index is 804. The number of nitrogens with one attached hydrogen (secondary N) is 1. The number of methoxy groups -OCH3 is 1. The minimum atomic E-state index is -0.180. The van der Waals surface area contributed by atoms with Gasteiger partial charge in [0, 0.05) is 23.4 Å². The predicted octanol–water partition coefficient (Wildman–Crippen LogP) is 1.28. The van der Waals surface area contributed by atoms with E-state index in [0.29, 0.717) is 22.8 Å². The first-order chi connectivity index (χ1) is 9.17. The summed E-state index contributed by atoms with van der Waals surface area (Å²) in [5.41, 5.74) is 8.35. The Labute approximate surface area is 108 Å². The first-order valence-electron chi connectivity index (χ1n) is 5.70. The number of benzene rings is 1. The molecular formula is C13H12N4O2. The van der Waals surface area contributed by atoms with Crippen molar-refractivity contribution < 1.29 is 4.74 Å². The SMILES string of the molecule is COc1cc(N)ccc1-c1cn2[nH]c(=O)ccc2n1. The van der Waals surface area contributed by atoms with Gasteiger partial charge >= 0.3 is 0 Å². The van der Waals surface area contributed by atoms with Crippen LogP contribution in [-0.4, -0.2) is 21.7 Å². The standard InChI is InChI=1S/C13H12N4O2/c1-19-11-6-8(14)2-3-9(11)10-7-17-12(15-10)4-5-13(18)16-17/h2-7H,14H2,1H3,(H,16,18). The second-order valence-corrected chi connectivity index (χ2v) is 4.12. The van der Waals surface area contributed by atoms with Crippen molar-refractivity contribution in [1.82, 2.24) is 14.6 Å². The Morgan fingerprint density at radius 3 is 2.95 bits per heavy atom. The maximum Gasteiger partial charge on any atom is 0.262 e. The molecule has 0 unspecified atom stereocenters. The van der Waals surface area contributed by atoms with Gasteiger partial charge in [0.05, 0.1) is 19.0 Å². The van der Waals surface area contributed by atoms with Crippen molar-refractivity contribution in [2.45, 2.75) is 0 Å². The summed E-state index contributed by atoms with van der Waals surface area (Å²) in [5, 5.41) is 2.66. The van der Waals surface area contributed by atoms with E-state index in [4.69, 9.17) is 10.5 Å². The molecule has 3 rings (SSSR count). The van der Waals surface area contributed by atoms with Crippen LogP contribution in [-0.2, 0) is 0 Å². The lowest BCUT2D eigenvalue weighted by atomic mass is 10.1. The van der Waals surface area contributed by atoms with E-state index in [1.807, 2.05) is 6.07 Å². The van der Waals surface area contributed by atoms with Gasteiger partial charge in [-0.05, 0) is 18.2 Å². The molecule has 0 spiro atoms. The van der Waals surface area contributed by atoms with Gasteiger partial charge in [0.1, 0.15) is 5.75 Å². The number of imidazole rings is 1. The van der Waals surface area contributed by atoms with E-state index >= 15 is 0 Å². The van der Waals surface area contributed by atoms with Gasteiger partial charge in [-0.1, -0.05) is 0 Å². The molecule has 0 saturated heterocycles. The van der Waals surface area contributed by atoms with Crippen LogP contribution in [0.15, 0.2) is 41.3 Å². The molecule has 0 aliphatic carbocycles. The maximum atomic E-state index is 11.3. The van der Waals surface area contributed by atoms with Crippen LogP contribution >= 0.6 is 0 Å². The second kappa shape index (κ2) is 4.16. The molecule has 3 N–H and O–H groups in total. The topological polar surface area (TPSA) is 85.4 Å². The average Bonchev–Trinajstić information content (AvgIpc) is 2.81. The molecule has 6 heteroatoms. The Kier molecular flexibility index (Phi) is 2.49. The zero-order valence-corrected chi connectivity index (χ0v) is 10.3. The van der Waals surface area contributed by atoms with E-state index in [0.717, 1.165) is 5.56 Å². The molecule has 2 heterocycles. The largest absolute Gasteiger partial charge is 0.496 e. The van der Waals surface area contributed by atoms with Crippen LogP contribution in [0.4, 0.5) is 5.69 Å². The molecule has 0 saturated carbocycles. The third kappa shape index (κ3) is 1.93. The summed E-state index contributed by atoms with van der Waals surface area (Å²) >= 11 is 0. The molecule has 0 fully saturated rings. The van der Waals surface area contributed by atoms with E-state index in [-0.39, 0.29) is 5.56 Å². The van der Waals surface area contributed by atoms with Crippen molar-refractivity contribution in [1.29, 1.82) is 0 Å². The Balaban J connectivity index is 2.21. The van der Waals surface area contributed by atoms with Crippen LogP contribution in [0.3, 0.4) is 0 Å². The Morgan fingerprint density at radius 2 is 2.16 bits per heavy atom. The number of aromatic amines is 1. The van der Waals surface area contributed by atoms with Gasteiger partial charge in [-0.2, -0.15) is 0 Å². The van der Waals surface area contributed by atoms with Crippen molar-refractivity contribution >= 4 is 11.3 Å². The maximum absolute atomic E-state index is 11.3. The highest BCUT2D eigenvalue weighted by Crippen LogP contribution is 2.30. The normalized spacial score (nSPS) is 10.8. The smallest absolute Gasteiger partial charge is 0.262 e. The highest BCUT2D eigenvalue weighted by Gasteiger charge is 2.10. The number of anilines is 1.